The average Bonchev–Trinajstić information content (AvgIpc) is 2.78. The normalized spacial score (nSPS) is 35.4. The molecule has 2 heteroatoms. The van der Waals surface area contributed by atoms with E-state index in [0.717, 1.165) is 19.6 Å². The molecule has 0 bridgehead atoms. The van der Waals surface area contributed by atoms with Crippen molar-refractivity contribution in [3.63, 3.8) is 0 Å². The van der Waals surface area contributed by atoms with E-state index < -0.39 is 0 Å². The fraction of sp³-hybridized carbons (Fsp3) is 0.867. The molecular formula is C15H26O2. The van der Waals surface area contributed by atoms with Crippen molar-refractivity contribution in [2.45, 2.75) is 53.2 Å². The highest BCUT2D eigenvalue weighted by Gasteiger charge is 2.56. The second-order valence-electron chi connectivity index (χ2n) is 6.33. The molecule has 0 N–H and O–H groups in total. The Morgan fingerprint density at radius 2 is 2.12 bits per heavy atom. The van der Waals surface area contributed by atoms with Crippen LogP contribution in [-0.4, -0.2) is 19.5 Å². The average molecular weight is 238 g/mol. The molecule has 1 aliphatic heterocycles. The van der Waals surface area contributed by atoms with Gasteiger partial charge in [-0.25, -0.2) is 0 Å². The molecule has 3 unspecified atom stereocenters. The van der Waals surface area contributed by atoms with Crippen LogP contribution in [0.15, 0.2) is 11.6 Å². The number of hydrogen-bond donors (Lipinski definition) is 0. The topological polar surface area (TPSA) is 18.5 Å². The Bertz CT molecular complexity index is 283. The van der Waals surface area contributed by atoms with Crippen LogP contribution in [0.3, 0.4) is 0 Å². The summed E-state index contributed by atoms with van der Waals surface area (Å²) in [4.78, 5) is 0. The van der Waals surface area contributed by atoms with Crippen molar-refractivity contribution in [1.29, 1.82) is 0 Å². The van der Waals surface area contributed by atoms with Crippen molar-refractivity contribution in [2.75, 3.05) is 13.2 Å². The van der Waals surface area contributed by atoms with Gasteiger partial charge in [-0.3, -0.25) is 0 Å². The third-order valence-electron chi connectivity index (χ3n) is 4.25. The predicted molar refractivity (Wildman–Crippen MR) is 69.7 cm³/mol. The molecule has 0 aromatic carbocycles. The van der Waals surface area contributed by atoms with Crippen LogP contribution in [0.25, 0.3) is 0 Å². The number of hydrogen-bond acceptors (Lipinski definition) is 2. The van der Waals surface area contributed by atoms with Crippen molar-refractivity contribution >= 4 is 0 Å². The maximum atomic E-state index is 5.90. The number of ether oxygens (including phenoxy) is 2. The lowest BCUT2D eigenvalue weighted by Crippen LogP contribution is -2.23. The van der Waals surface area contributed by atoms with Crippen LogP contribution in [0.1, 0.15) is 47.0 Å². The molecule has 2 rings (SSSR count). The van der Waals surface area contributed by atoms with Gasteiger partial charge >= 0.3 is 0 Å². The van der Waals surface area contributed by atoms with Crippen molar-refractivity contribution in [3.05, 3.63) is 11.6 Å². The van der Waals surface area contributed by atoms with E-state index in [1.54, 1.807) is 0 Å². The number of allylic oxidation sites excluding steroid dienone is 2. The first kappa shape index (κ1) is 13.1. The van der Waals surface area contributed by atoms with Crippen LogP contribution >= 0.6 is 0 Å². The lowest BCUT2D eigenvalue weighted by Gasteiger charge is -2.22. The molecular weight excluding hydrogens is 212 g/mol. The molecule has 1 saturated heterocycles. The van der Waals surface area contributed by atoms with Gasteiger partial charge in [0.15, 0.2) is 6.29 Å². The lowest BCUT2D eigenvalue weighted by molar-refractivity contribution is -0.166. The van der Waals surface area contributed by atoms with Gasteiger partial charge in [0.2, 0.25) is 0 Å². The van der Waals surface area contributed by atoms with E-state index in [4.69, 9.17) is 9.47 Å². The van der Waals surface area contributed by atoms with Gasteiger partial charge in [0.1, 0.15) is 0 Å². The Morgan fingerprint density at radius 3 is 2.71 bits per heavy atom. The molecule has 1 aliphatic carbocycles. The second kappa shape index (κ2) is 5.11. The largest absolute Gasteiger partial charge is 0.353 e. The van der Waals surface area contributed by atoms with E-state index in [-0.39, 0.29) is 6.29 Å². The van der Waals surface area contributed by atoms with E-state index in [9.17, 15) is 0 Å². The van der Waals surface area contributed by atoms with Crippen molar-refractivity contribution in [3.8, 4) is 0 Å². The van der Waals surface area contributed by atoms with Gasteiger partial charge in [-0.15, -0.1) is 0 Å². The molecule has 0 aromatic heterocycles. The minimum absolute atomic E-state index is 0.0625. The highest BCUT2D eigenvalue weighted by atomic mass is 16.7. The minimum atomic E-state index is 0.0625. The highest BCUT2D eigenvalue weighted by molar-refractivity contribution is 5.16. The Kier molecular flexibility index (Phi) is 3.94. The zero-order valence-electron chi connectivity index (χ0n) is 11.7. The summed E-state index contributed by atoms with van der Waals surface area (Å²) in [6.45, 7) is 10.8. The molecule has 2 aliphatic rings. The molecule has 0 aromatic rings. The van der Waals surface area contributed by atoms with Crippen LogP contribution in [0, 0.1) is 17.3 Å². The Morgan fingerprint density at radius 1 is 1.35 bits per heavy atom. The Balaban J connectivity index is 1.78. The summed E-state index contributed by atoms with van der Waals surface area (Å²) >= 11 is 0. The van der Waals surface area contributed by atoms with Gasteiger partial charge in [0, 0.05) is 6.61 Å². The third-order valence-corrected chi connectivity index (χ3v) is 4.25. The first-order valence-electron chi connectivity index (χ1n) is 6.90. The van der Waals surface area contributed by atoms with Crippen LogP contribution in [0.5, 0.6) is 0 Å². The zero-order valence-corrected chi connectivity index (χ0v) is 11.7. The smallest absolute Gasteiger partial charge is 0.157 e. The third kappa shape index (κ3) is 3.11. The molecule has 98 valence electrons. The standard InChI is InChI=1S/C15H26O2/c1-11(2)9-12-13(15(12,3)4)10-17-14-7-5-6-8-16-14/h9,12-14H,5-8,10H2,1-4H3. The molecule has 2 nitrogen and oxygen atoms in total. The monoisotopic (exact) mass is 238 g/mol. The summed E-state index contributed by atoms with van der Waals surface area (Å²) in [6, 6.07) is 0. The van der Waals surface area contributed by atoms with E-state index >= 15 is 0 Å². The van der Waals surface area contributed by atoms with Crippen molar-refractivity contribution in [1.82, 2.24) is 0 Å². The summed E-state index contributed by atoms with van der Waals surface area (Å²) in [6.07, 6.45) is 5.97. The van der Waals surface area contributed by atoms with Crippen molar-refractivity contribution in [2.24, 2.45) is 17.3 Å². The first-order valence-corrected chi connectivity index (χ1v) is 6.90. The van der Waals surface area contributed by atoms with Crippen LogP contribution < -0.4 is 0 Å². The van der Waals surface area contributed by atoms with E-state index in [1.165, 1.54) is 18.4 Å². The molecule has 0 radical (unpaired) electrons. The van der Waals surface area contributed by atoms with Gasteiger partial charge in [0.25, 0.3) is 0 Å². The molecule has 0 amide bonds. The number of rotatable bonds is 4. The van der Waals surface area contributed by atoms with Gasteiger partial charge in [-0.1, -0.05) is 25.5 Å². The van der Waals surface area contributed by atoms with Crippen molar-refractivity contribution < 1.29 is 9.47 Å². The summed E-state index contributed by atoms with van der Waals surface area (Å²) < 4.78 is 11.5. The van der Waals surface area contributed by atoms with Crippen LogP contribution in [0.2, 0.25) is 0 Å². The van der Waals surface area contributed by atoms with Gasteiger partial charge in [-0.2, -0.15) is 0 Å². The lowest BCUT2D eigenvalue weighted by atomic mass is 10.1. The summed E-state index contributed by atoms with van der Waals surface area (Å²) in [5.41, 5.74) is 1.82. The van der Waals surface area contributed by atoms with E-state index in [0.29, 0.717) is 17.3 Å². The van der Waals surface area contributed by atoms with E-state index in [2.05, 4.69) is 33.8 Å². The SMILES string of the molecule is CC(C)=CC1C(COC2CCCCO2)C1(C)C. The molecule has 3 atom stereocenters. The first-order chi connectivity index (χ1) is 8.01. The van der Waals surface area contributed by atoms with E-state index in [1.807, 2.05) is 0 Å². The quantitative estimate of drug-likeness (QED) is 0.694. The van der Waals surface area contributed by atoms with Gasteiger partial charge in [-0.05, 0) is 50.4 Å². The molecule has 1 saturated carbocycles. The maximum Gasteiger partial charge on any atom is 0.157 e. The van der Waals surface area contributed by atoms with Gasteiger partial charge < -0.3 is 9.47 Å². The summed E-state index contributed by atoms with van der Waals surface area (Å²) in [7, 11) is 0. The van der Waals surface area contributed by atoms with Gasteiger partial charge in [0.05, 0.1) is 6.61 Å². The zero-order chi connectivity index (χ0) is 12.5. The maximum absolute atomic E-state index is 5.90. The minimum Gasteiger partial charge on any atom is -0.353 e. The fourth-order valence-corrected chi connectivity index (χ4v) is 2.85. The van der Waals surface area contributed by atoms with Crippen LogP contribution in [-0.2, 0) is 9.47 Å². The fourth-order valence-electron chi connectivity index (χ4n) is 2.85. The summed E-state index contributed by atoms with van der Waals surface area (Å²) in [5, 5.41) is 0. The summed E-state index contributed by atoms with van der Waals surface area (Å²) in [5.74, 6) is 1.36. The molecule has 1 heterocycles. The molecule has 2 fully saturated rings. The Hall–Kier alpha value is -0.340. The predicted octanol–water partition coefficient (Wildman–Crippen LogP) is 3.77. The highest BCUT2D eigenvalue weighted by Crippen LogP contribution is 2.59. The molecule has 17 heavy (non-hydrogen) atoms. The van der Waals surface area contributed by atoms with Crippen LogP contribution in [0.4, 0.5) is 0 Å². The molecule has 0 spiro atoms. The second-order valence-corrected chi connectivity index (χ2v) is 6.33. The Labute approximate surface area is 105 Å².